The van der Waals surface area contributed by atoms with Gasteiger partial charge < -0.3 is 15.5 Å². The highest BCUT2D eigenvalue weighted by atomic mass is 35.5. The van der Waals surface area contributed by atoms with Crippen molar-refractivity contribution in [2.75, 3.05) is 10.2 Å². The van der Waals surface area contributed by atoms with Crippen LogP contribution in [0.15, 0.2) is 55.4 Å². The molecule has 5 rings (SSSR count). The number of urea groups is 1. The largest absolute Gasteiger partial charge is 0.350 e. The van der Waals surface area contributed by atoms with E-state index in [0.717, 1.165) is 30.4 Å². The standard InChI is InChI=1S/C26H29ClN8O2/c1-3-22(36)29-19-10-7-11-20(12-19)35-24-18(15-34(26(35)37)14-17-8-5-4-6-9-17)13-28-25(31-24)30-21-16-33(2)32-23(21)27/h3-6,8-9,13,16,19-20H,1,7,10-12,14-15H2,2H3,(H,29,36)(H,28,30,31). The van der Waals surface area contributed by atoms with Crippen molar-refractivity contribution < 1.29 is 9.59 Å². The molecule has 1 saturated carbocycles. The maximum Gasteiger partial charge on any atom is 0.326 e. The second-order valence-corrected chi connectivity index (χ2v) is 9.76. The van der Waals surface area contributed by atoms with Crippen molar-refractivity contribution in [1.29, 1.82) is 0 Å². The molecule has 2 unspecified atom stereocenters. The number of benzene rings is 1. The van der Waals surface area contributed by atoms with Gasteiger partial charge in [-0.3, -0.25) is 14.4 Å². The van der Waals surface area contributed by atoms with Gasteiger partial charge in [0.15, 0.2) is 5.15 Å². The molecule has 2 aliphatic rings. The van der Waals surface area contributed by atoms with Gasteiger partial charge in [-0.05, 0) is 37.3 Å². The summed E-state index contributed by atoms with van der Waals surface area (Å²) < 4.78 is 1.60. The number of aromatic nitrogens is 4. The molecule has 3 heterocycles. The third-order valence-corrected chi connectivity index (χ3v) is 6.98. The number of hydrogen-bond acceptors (Lipinski definition) is 6. The quantitative estimate of drug-likeness (QED) is 0.453. The first-order chi connectivity index (χ1) is 17.9. The van der Waals surface area contributed by atoms with Crippen LogP contribution in [0.1, 0.15) is 36.8 Å². The molecule has 2 atom stereocenters. The zero-order valence-electron chi connectivity index (χ0n) is 20.6. The first-order valence-corrected chi connectivity index (χ1v) is 12.7. The van der Waals surface area contributed by atoms with Crippen LogP contribution in [0.3, 0.4) is 0 Å². The summed E-state index contributed by atoms with van der Waals surface area (Å²) in [5.41, 5.74) is 2.48. The van der Waals surface area contributed by atoms with E-state index >= 15 is 0 Å². The minimum absolute atomic E-state index is 0.0429. The molecule has 2 N–H and O–H groups in total. The van der Waals surface area contributed by atoms with Gasteiger partial charge in [-0.1, -0.05) is 48.5 Å². The fraction of sp³-hybridized carbons (Fsp3) is 0.346. The highest BCUT2D eigenvalue weighted by molar-refractivity contribution is 6.32. The van der Waals surface area contributed by atoms with Crippen molar-refractivity contribution in [1.82, 2.24) is 30.0 Å². The number of carbonyl (C=O) groups excluding carboxylic acids is 2. The maximum absolute atomic E-state index is 13.9. The second kappa shape index (κ2) is 10.6. The van der Waals surface area contributed by atoms with Crippen LogP contribution in [-0.4, -0.2) is 48.7 Å². The van der Waals surface area contributed by atoms with Gasteiger partial charge in [0.1, 0.15) is 5.82 Å². The molecular formula is C26H29ClN8O2. The lowest BCUT2D eigenvalue weighted by Crippen LogP contribution is -2.54. The Morgan fingerprint density at radius 1 is 1.27 bits per heavy atom. The van der Waals surface area contributed by atoms with Gasteiger partial charge in [0.2, 0.25) is 11.9 Å². The summed E-state index contributed by atoms with van der Waals surface area (Å²) in [4.78, 5) is 38.8. The van der Waals surface area contributed by atoms with Crippen molar-refractivity contribution in [3.63, 3.8) is 0 Å². The lowest BCUT2D eigenvalue weighted by Gasteiger charge is -2.43. The van der Waals surface area contributed by atoms with Crippen molar-refractivity contribution in [3.8, 4) is 0 Å². The first-order valence-electron chi connectivity index (χ1n) is 12.3. The zero-order valence-corrected chi connectivity index (χ0v) is 21.4. The molecule has 10 nitrogen and oxygen atoms in total. The van der Waals surface area contributed by atoms with E-state index in [1.807, 2.05) is 35.2 Å². The molecule has 2 aromatic heterocycles. The van der Waals surface area contributed by atoms with Crippen LogP contribution in [-0.2, 0) is 24.9 Å². The van der Waals surface area contributed by atoms with Gasteiger partial charge in [-0.2, -0.15) is 10.1 Å². The van der Waals surface area contributed by atoms with Crippen LogP contribution in [0.25, 0.3) is 0 Å². The highest BCUT2D eigenvalue weighted by Crippen LogP contribution is 2.35. The maximum atomic E-state index is 13.9. The molecule has 3 amide bonds. The molecule has 1 aromatic carbocycles. The molecule has 1 aliphatic carbocycles. The molecule has 0 saturated heterocycles. The highest BCUT2D eigenvalue weighted by Gasteiger charge is 2.39. The molecule has 1 aliphatic heterocycles. The number of amides is 3. The smallest absolute Gasteiger partial charge is 0.326 e. The molecule has 11 heteroatoms. The summed E-state index contributed by atoms with van der Waals surface area (Å²) in [5, 5.41) is 10.6. The Hall–Kier alpha value is -3.92. The van der Waals surface area contributed by atoms with Crippen LogP contribution in [0, 0.1) is 0 Å². The molecule has 3 aromatic rings. The van der Waals surface area contributed by atoms with Gasteiger partial charge in [-0.25, -0.2) is 9.78 Å². The summed E-state index contributed by atoms with van der Waals surface area (Å²) in [7, 11) is 1.77. The normalized spacial score (nSPS) is 19.4. The molecule has 1 fully saturated rings. The summed E-state index contributed by atoms with van der Waals surface area (Å²) in [6.07, 6.45) is 7.95. The average molecular weight is 521 g/mol. The number of fused-ring (bicyclic) bond motifs is 1. The van der Waals surface area contributed by atoms with E-state index in [0.29, 0.717) is 42.1 Å². The second-order valence-electron chi connectivity index (χ2n) is 9.40. The third kappa shape index (κ3) is 5.43. The number of halogens is 1. The number of nitrogens with zero attached hydrogens (tertiary/aromatic N) is 6. The number of nitrogens with one attached hydrogen (secondary N) is 2. The minimum atomic E-state index is -0.205. The van der Waals surface area contributed by atoms with Crippen molar-refractivity contribution >= 4 is 41.0 Å². The van der Waals surface area contributed by atoms with E-state index in [9.17, 15) is 9.59 Å². The van der Waals surface area contributed by atoms with Crippen LogP contribution < -0.4 is 15.5 Å². The fourth-order valence-corrected chi connectivity index (χ4v) is 5.22. The Morgan fingerprint density at radius 3 is 2.81 bits per heavy atom. The predicted octanol–water partition coefficient (Wildman–Crippen LogP) is 4.16. The Balaban J connectivity index is 1.47. The molecule has 0 radical (unpaired) electrons. The molecule has 192 valence electrons. The van der Waals surface area contributed by atoms with E-state index in [1.165, 1.54) is 6.08 Å². The Bertz CT molecular complexity index is 1310. The number of carbonyl (C=O) groups is 2. The van der Waals surface area contributed by atoms with E-state index < -0.39 is 0 Å². The van der Waals surface area contributed by atoms with Crippen LogP contribution in [0.5, 0.6) is 0 Å². The van der Waals surface area contributed by atoms with Crippen molar-refractivity contribution in [2.24, 2.45) is 7.05 Å². The number of anilines is 3. The number of rotatable bonds is 7. The number of hydrogen-bond donors (Lipinski definition) is 2. The van der Waals surface area contributed by atoms with Crippen LogP contribution >= 0.6 is 11.6 Å². The van der Waals surface area contributed by atoms with Crippen molar-refractivity contribution in [2.45, 2.75) is 50.9 Å². The van der Waals surface area contributed by atoms with E-state index in [1.54, 1.807) is 29.0 Å². The summed E-state index contributed by atoms with van der Waals surface area (Å²) in [6, 6.07) is 9.63. The summed E-state index contributed by atoms with van der Waals surface area (Å²) >= 11 is 6.21. The van der Waals surface area contributed by atoms with E-state index in [2.05, 4.69) is 27.3 Å². The SMILES string of the molecule is C=CC(=O)NC1CCCC(N2C(=O)N(Cc3ccccc3)Cc3cnc(Nc4cn(C)nc4Cl)nc32)C1. The zero-order chi connectivity index (χ0) is 25.9. The topological polar surface area (TPSA) is 108 Å². The van der Waals surface area contributed by atoms with Crippen molar-refractivity contribution in [3.05, 3.63) is 71.7 Å². The Kier molecular flexibility index (Phi) is 7.09. The summed E-state index contributed by atoms with van der Waals surface area (Å²) in [5.74, 6) is 0.701. The fourth-order valence-electron chi connectivity index (χ4n) is 5.01. The van der Waals surface area contributed by atoms with E-state index in [4.69, 9.17) is 16.6 Å². The number of aryl methyl sites for hydroxylation is 1. The van der Waals surface area contributed by atoms with Gasteiger partial charge >= 0.3 is 6.03 Å². The summed E-state index contributed by atoms with van der Waals surface area (Å²) in [6.45, 7) is 4.43. The van der Waals surface area contributed by atoms with Crippen LogP contribution in [0.4, 0.5) is 22.2 Å². The van der Waals surface area contributed by atoms with Gasteiger partial charge in [0, 0.05) is 43.6 Å². The lowest BCUT2D eigenvalue weighted by atomic mass is 9.89. The van der Waals surface area contributed by atoms with E-state index in [-0.39, 0.29) is 24.0 Å². The molecular weight excluding hydrogens is 492 g/mol. The monoisotopic (exact) mass is 520 g/mol. The minimum Gasteiger partial charge on any atom is -0.350 e. The Labute approximate surface area is 220 Å². The van der Waals surface area contributed by atoms with Gasteiger partial charge in [-0.15, -0.1) is 0 Å². The third-order valence-electron chi connectivity index (χ3n) is 6.70. The van der Waals surface area contributed by atoms with Gasteiger partial charge in [0.25, 0.3) is 0 Å². The lowest BCUT2D eigenvalue weighted by molar-refractivity contribution is -0.117. The molecule has 0 spiro atoms. The first kappa shape index (κ1) is 24.8. The molecule has 37 heavy (non-hydrogen) atoms. The predicted molar refractivity (Wildman–Crippen MR) is 141 cm³/mol. The van der Waals surface area contributed by atoms with Gasteiger partial charge in [0.05, 0.1) is 12.2 Å². The van der Waals surface area contributed by atoms with Crippen LogP contribution in [0.2, 0.25) is 5.15 Å². The molecule has 0 bridgehead atoms. The average Bonchev–Trinajstić information content (AvgIpc) is 3.21. The Morgan fingerprint density at radius 2 is 2.08 bits per heavy atom.